The van der Waals surface area contributed by atoms with Crippen LogP contribution >= 0.6 is 0 Å². The normalized spacial score (nSPS) is 14.8. The number of carbonyl (C=O) groups is 1. The summed E-state index contributed by atoms with van der Waals surface area (Å²) in [5.74, 6) is -1.19. The Morgan fingerprint density at radius 2 is 2.05 bits per heavy atom. The SMILES string of the molecule is CCOC(=O)C(F)[C@@H](N)c1cccc(C(F)(F)F)c1. The zero-order chi connectivity index (χ0) is 14.6. The minimum atomic E-state index is -4.55. The second-order valence-electron chi connectivity index (χ2n) is 3.80. The Morgan fingerprint density at radius 3 is 2.58 bits per heavy atom. The highest BCUT2D eigenvalue weighted by Crippen LogP contribution is 2.31. The molecule has 106 valence electrons. The zero-order valence-corrected chi connectivity index (χ0v) is 10.1. The molecule has 0 spiro atoms. The Kier molecular flexibility index (Phi) is 4.88. The summed E-state index contributed by atoms with van der Waals surface area (Å²) >= 11 is 0. The van der Waals surface area contributed by atoms with E-state index in [0.717, 1.165) is 18.2 Å². The summed E-state index contributed by atoms with van der Waals surface area (Å²) < 4.78 is 55.5. The first-order chi connectivity index (χ1) is 8.77. The summed E-state index contributed by atoms with van der Waals surface area (Å²) in [6.07, 6.45) is -6.76. The van der Waals surface area contributed by atoms with Gasteiger partial charge >= 0.3 is 12.1 Å². The molecular formula is C12H13F4NO2. The van der Waals surface area contributed by atoms with E-state index in [0.29, 0.717) is 0 Å². The van der Waals surface area contributed by atoms with Crippen molar-refractivity contribution >= 4 is 5.97 Å². The van der Waals surface area contributed by atoms with E-state index >= 15 is 0 Å². The number of rotatable bonds is 4. The van der Waals surface area contributed by atoms with Gasteiger partial charge in [0, 0.05) is 0 Å². The van der Waals surface area contributed by atoms with Crippen molar-refractivity contribution in [1.82, 2.24) is 0 Å². The predicted octanol–water partition coefficient (Wildman–Crippen LogP) is 2.61. The van der Waals surface area contributed by atoms with Crippen LogP contribution in [0.4, 0.5) is 17.6 Å². The zero-order valence-electron chi connectivity index (χ0n) is 10.1. The van der Waals surface area contributed by atoms with Crippen LogP contribution in [0, 0.1) is 0 Å². The first-order valence-corrected chi connectivity index (χ1v) is 5.50. The summed E-state index contributed by atoms with van der Waals surface area (Å²) in [5, 5.41) is 0. The molecule has 3 nitrogen and oxygen atoms in total. The van der Waals surface area contributed by atoms with Crippen molar-refractivity contribution in [2.24, 2.45) is 5.73 Å². The second kappa shape index (κ2) is 6.01. The molecule has 0 aliphatic heterocycles. The lowest BCUT2D eigenvalue weighted by Crippen LogP contribution is -2.31. The molecule has 0 aliphatic rings. The quantitative estimate of drug-likeness (QED) is 0.681. The molecule has 1 unspecified atom stereocenters. The van der Waals surface area contributed by atoms with Crippen LogP contribution in [0.15, 0.2) is 24.3 Å². The van der Waals surface area contributed by atoms with Gasteiger partial charge in [0.1, 0.15) is 0 Å². The Bertz CT molecular complexity index is 448. The lowest BCUT2D eigenvalue weighted by molar-refractivity contribution is -0.149. The van der Waals surface area contributed by atoms with Gasteiger partial charge in [-0.25, -0.2) is 9.18 Å². The maximum atomic E-state index is 13.6. The molecule has 0 bridgehead atoms. The number of hydrogen-bond acceptors (Lipinski definition) is 3. The average molecular weight is 279 g/mol. The molecule has 0 aromatic heterocycles. The van der Waals surface area contributed by atoms with Gasteiger partial charge in [-0.2, -0.15) is 13.2 Å². The van der Waals surface area contributed by atoms with E-state index in [9.17, 15) is 22.4 Å². The third kappa shape index (κ3) is 3.92. The van der Waals surface area contributed by atoms with Gasteiger partial charge < -0.3 is 10.5 Å². The number of ether oxygens (including phenoxy) is 1. The van der Waals surface area contributed by atoms with Crippen LogP contribution in [0.2, 0.25) is 0 Å². The molecule has 0 aliphatic carbocycles. The summed E-state index contributed by atoms with van der Waals surface area (Å²) in [6.45, 7) is 1.45. The third-order valence-corrected chi connectivity index (χ3v) is 2.43. The van der Waals surface area contributed by atoms with Gasteiger partial charge in [0.25, 0.3) is 0 Å². The van der Waals surface area contributed by atoms with E-state index in [4.69, 9.17) is 5.73 Å². The third-order valence-electron chi connectivity index (χ3n) is 2.43. The highest BCUT2D eigenvalue weighted by Gasteiger charge is 2.33. The summed E-state index contributed by atoms with van der Waals surface area (Å²) in [7, 11) is 0. The minimum Gasteiger partial charge on any atom is -0.464 e. The summed E-state index contributed by atoms with van der Waals surface area (Å²) in [5.41, 5.74) is 4.38. The highest BCUT2D eigenvalue weighted by molar-refractivity contribution is 5.75. The molecule has 2 atom stereocenters. The molecule has 0 saturated carbocycles. The number of benzene rings is 1. The van der Waals surface area contributed by atoms with Crippen LogP contribution in [-0.4, -0.2) is 18.7 Å². The smallest absolute Gasteiger partial charge is 0.416 e. The van der Waals surface area contributed by atoms with E-state index in [1.807, 2.05) is 0 Å². The van der Waals surface area contributed by atoms with Gasteiger partial charge in [-0.3, -0.25) is 0 Å². The van der Waals surface area contributed by atoms with Crippen LogP contribution in [-0.2, 0) is 15.7 Å². The van der Waals surface area contributed by atoms with Crippen LogP contribution < -0.4 is 5.73 Å². The van der Waals surface area contributed by atoms with E-state index in [1.165, 1.54) is 13.0 Å². The maximum Gasteiger partial charge on any atom is 0.416 e. The molecule has 0 saturated heterocycles. The molecule has 0 radical (unpaired) electrons. The molecule has 1 rings (SSSR count). The largest absolute Gasteiger partial charge is 0.464 e. The van der Waals surface area contributed by atoms with E-state index < -0.39 is 29.9 Å². The number of alkyl halides is 4. The maximum absolute atomic E-state index is 13.6. The number of hydrogen-bond donors (Lipinski definition) is 1. The van der Waals surface area contributed by atoms with Gasteiger partial charge in [-0.1, -0.05) is 12.1 Å². The van der Waals surface area contributed by atoms with Crippen LogP contribution in [0.1, 0.15) is 24.1 Å². The van der Waals surface area contributed by atoms with Gasteiger partial charge in [-0.05, 0) is 24.6 Å². The Morgan fingerprint density at radius 1 is 1.42 bits per heavy atom. The minimum absolute atomic E-state index is 0.0332. The Hall–Kier alpha value is -1.63. The van der Waals surface area contributed by atoms with Crippen molar-refractivity contribution in [3.63, 3.8) is 0 Å². The van der Waals surface area contributed by atoms with Crippen molar-refractivity contribution in [3.8, 4) is 0 Å². The van der Waals surface area contributed by atoms with Gasteiger partial charge in [0.2, 0.25) is 6.17 Å². The Balaban J connectivity index is 2.94. The first kappa shape index (κ1) is 15.4. The number of esters is 1. The number of nitrogens with two attached hydrogens (primary N) is 1. The fourth-order valence-corrected chi connectivity index (χ4v) is 1.46. The van der Waals surface area contributed by atoms with Crippen LogP contribution in [0.25, 0.3) is 0 Å². The van der Waals surface area contributed by atoms with Gasteiger partial charge in [-0.15, -0.1) is 0 Å². The van der Waals surface area contributed by atoms with Crippen LogP contribution in [0.3, 0.4) is 0 Å². The molecule has 2 N–H and O–H groups in total. The standard InChI is InChI=1S/C12H13F4NO2/c1-2-19-11(18)9(13)10(17)7-4-3-5-8(6-7)12(14,15)16/h3-6,9-10H,2,17H2,1H3/t9?,10-/m0/s1. The molecule has 1 aromatic carbocycles. The molecule has 19 heavy (non-hydrogen) atoms. The summed E-state index contributed by atoms with van der Waals surface area (Å²) in [6, 6.07) is 2.40. The number of halogens is 4. The molecular weight excluding hydrogens is 266 g/mol. The van der Waals surface area contributed by atoms with E-state index in [-0.39, 0.29) is 12.2 Å². The molecule has 0 amide bonds. The monoisotopic (exact) mass is 279 g/mol. The van der Waals surface area contributed by atoms with Crippen molar-refractivity contribution < 1.29 is 27.1 Å². The van der Waals surface area contributed by atoms with Gasteiger partial charge in [0.15, 0.2) is 0 Å². The van der Waals surface area contributed by atoms with Crippen molar-refractivity contribution in [2.45, 2.75) is 25.3 Å². The fraction of sp³-hybridized carbons (Fsp3) is 0.417. The lowest BCUT2D eigenvalue weighted by Gasteiger charge is -2.17. The van der Waals surface area contributed by atoms with Crippen molar-refractivity contribution in [3.05, 3.63) is 35.4 Å². The van der Waals surface area contributed by atoms with Crippen molar-refractivity contribution in [2.75, 3.05) is 6.61 Å². The molecule has 1 aromatic rings. The van der Waals surface area contributed by atoms with E-state index in [2.05, 4.69) is 4.74 Å². The summed E-state index contributed by atoms with van der Waals surface area (Å²) in [4.78, 5) is 11.1. The Labute approximate surface area is 107 Å². The molecule has 0 heterocycles. The number of carbonyl (C=O) groups excluding carboxylic acids is 1. The average Bonchev–Trinajstić information content (AvgIpc) is 2.36. The lowest BCUT2D eigenvalue weighted by atomic mass is 10.0. The predicted molar refractivity (Wildman–Crippen MR) is 59.9 cm³/mol. The molecule has 0 fully saturated rings. The second-order valence-corrected chi connectivity index (χ2v) is 3.80. The highest BCUT2D eigenvalue weighted by atomic mass is 19.4. The molecule has 7 heteroatoms. The van der Waals surface area contributed by atoms with Gasteiger partial charge in [0.05, 0.1) is 18.2 Å². The first-order valence-electron chi connectivity index (χ1n) is 5.50. The fourth-order valence-electron chi connectivity index (χ4n) is 1.46. The topological polar surface area (TPSA) is 52.3 Å². The van der Waals surface area contributed by atoms with Crippen molar-refractivity contribution in [1.29, 1.82) is 0 Å². The van der Waals surface area contributed by atoms with E-state index in [1.54, 1.807) is 0 Å². The van der Waals surface area contributed by atoms with Crippen LogP contribution in [0.5, 0.6) is 0 Å².